The molecule has 7 heavy (non-hydrogen) atoms. The normalized spacial score (nSPS) is 11.7. The van der Waals surface area contributed by atoms with Crippen LogP contribution in [0.2, 0.25) is 0 Å². The van der Waals surface area contributed by atoms with Crippen LogP contribution in [0.5, 0.6) is 0 Å². The minimum Gasteiger partial charge on any atom is -0.225 e. The van der Waals surface area contributed by atoms with Crippen molar-refractivity contribution in [1.29, 1.82) is 0 Å². The molecule has 0 N–H and O–H groups in total. The first-order valence-corrected chi connectivity index (χ1v) is 3.00. The van der Waals surface area contributed by atoms with E-state index in [0.29, 0.717) is 0 Å². The lowest BCUT2D eigenvalue weighted by Crippen LogP contribution is -1.48. The van der Waals surface area contributed by atoms with Gasteiger partial charge < -0.3 is 0 Å². The third-order valence-corrected chi connectivity index (χ3v) is 1.09. The molecule has 0 unspecified atom stereocenters. The van der Waals surface area contributed by atoms with E-state index in [1.807, 2.05) is 25.3 Å². The Morgan fingerprint density at radius 3 is 2.57 bits per heavy atom. The van der Waals surface area contributed by atoms with Crippen LogP contribution in [0, 0.1) is 0 Å². The van der Waals surface area contributed by atoms with Gasteiger partial charge in [-0.2, -0.15) is 0 Å². The first-order valence-electron chi connectivity index (χ1n) is 2.16. The second kappa shape index (κ2) is 5.76. The molecule has 0 aromatic carbocycles. The maximum absolute atomic E-state index is 3.87. The van der Waals surface area contributed by atoms with Gasteiger partial charge in [0.05, 0.1) is 0 Å². The maximum Gasteiger partial charge on any atom is 0.00986 e. The highest BCUT2D eigenvalue weighted by Crippen LogP contribution is 2.00. The van der Waals surface area contributed by atoms with Gasteiger partial charge in [-0.15, -0.1) is 0 Å². The molecule has 0 aliphatic heterocycles. The van der Waals surface area contributed by atoms with Crippen molar-refractivity contribution in [1.82, 2.24) is 0 Å². The quantitative estimate of drug-likeness (QED) is 0.397. The molecular weight excluding hydrogens is 106 g/mol. The smallest absolute Gasteiger partial charge is 0.00986 e. The second-order valence-electron chi connectivity index (χ2n) is 0.938. The fourth-order valence-corrected chi connectivity index (χ4v) is 0.471. The van der Waals surface area contributed by atoms with Crippen molar-refractivity contribution < 1.29 is 0 Å². The summed E-state index contributed by atoms with van der Waals surface area (Å²) in [7, 11) is 0. The molecule has 0 spiro atoms. The molecule has 0 rings (SSSR count). The topological polar surface area (TPSA) is 12.4 Å². The molecular formula is C5H9NS. The third-order valence-electron chi connectivity index (χ3n) is 0.363. The molecule has 0 atom stereocenters. The zero-order valence-electron chi connectivity index (χ0n) is 4.59. The van der Waals surface area contributed by atoms with Gasteiger partial charge in [0.15, 0.2) is 0 Å². The van der Waals surface area contributed by atoms with Gasteiger partial charge in [0.1, 0.15) is 0 Å². The molecule has 0 aliphatic carbocycles. The van der Waals surface area contributed by atoms with Crippen molar-refractivity contribution >= 4 is 18.2 Å². The van der Waals surface area contributed by atoms with E-state index in [0.717, 1.165) is 0 Å². The molecule has 0 bridgehead atoms. The molecule has 0 aliphatic rings. The first kappa shape index (κ1) is 6.76. The van der Waals surface area contributed by atoms with Crippen LogP contribution in [-0.2, 0) is 0 Å². The number of allylic oxidation sites excluding steroid dienone is 1. The van der Waals surface area contributed by atoms with Crippen LogP contribution in [0.4, 0.5) is 0 Å². The molecule has 0 saturated heterocycles. The Labute approximate surface area is 48.7 Å². The van der Waals surface area contributed by atoms with Crippen LogP contribution in [0.3, 0.4) is 0 Å². The average molecular weight is 115 g/mol. The molecule has 0 radical (unpaired) electrons. The van der Waals surface area contributed by atoms with Crippen molar-refractivity contribution in [2.24, 2.45) is 4.40 Å². The van der Waals surface area contributed by atoms with Crippen molar-refractivity contribution in [2.45, 2.75) is 13.8 Å². The lowest BCUT2D eigenvalue weighted by atomic mass is 10.8. The van der Waals surface area contributed by atoms with Gasteiger partial charge in [0, 0.05) is 18.2 Å². The number of rotatable bonds is 2. The van der Waals surface area contributed by atoms with E-state index in [1.165, 1.54) is 11.9 Å². The lowest BCUT2D eigenvalue weighted by Gasteiger charge is -1.73. The van der Waals surface area contributed by atoms with Gasteiger partial charge in [-0.1, -0.05) is 6.08 Å². The fourth-order valence-electron chi connectivity index (χ4n) is 0.157. The summed E-state index contributed by atoms with van der Waals surface area (Å²) in [4.78, 5) is 0. The molecule has 0 heterocycles. The highest BCUT2D eigenvalue weighted by molar-refractivity contribution is 8.01. The average Bonchev–Trinajstić information content (AvgIpc) is 1.69. The molecule has 40 valence electrons. The zero-order valence-corrected chi connectivity index (χ0v) is 5.40. The van der Waals surface area contributed by atoms with E-state index in [1.54, 1.807) is 6.21 Å². The summed E-state index contributed by atoms with van der Waals surface area (Å²) in [6, 6.07) is 0. The van der Waals surface area contributed by atoms with Crippen molar-refractivity contribution in [2.75, 3.05) is 0 Å². The Morgan fingerprint density at radius 2 is 2.14 bits per heavy atom. The molecule has 1 nitrogen and oxygen atoms in total. The SMILES string of the molecule is CC=NS/C=C\C. The summed E-state index contributed by atoms with van der Waals surface area (Å²) in [5, 5.41) is 1.93. The second-order valence-corrected chi connectivity index (χ2v) is 1.63. The van der Waals surface area contributed by atoms with Gasteiger partial charge in [-0.3, -0.25) is 0 Å². The van der Waals surface area contributed by atoms with Crippen LogP contribution >= 0.6 is 11.9 Å². The van der Waals surface area contributed by atoms with E-state index in [4.69, 9.17) is 0 Å². The largest absolute Gasteiger partial charge is 0.225 e. The van der Waals surface area contributed by atoms with Gasteiger partial charge in [-0.05, 0) is 19.3 Å². The molecule has 2 heteroatoms. The van der Waals surface area contributed by atoms with Crippen molar-refractivity contribution in [3.05, 3.63) is 11.5 Å². The van der Waals surface area contributed by atoms with E-state index in [-0.39, 0.29) is 0 Å². The minimum atomic E-state index is 1.44. The van der Waals surface area contributed by atoms with Crippen LogP contribution in [-0.4, -0.2) is 6.21 Å². The predicted molar refractivity (Wildman–Crippen MR) is 36.6 cm³/mol. The Bertz CT molecular complexity index is 66.1. The Morgan fingerprint density at radius 1 is 1.43 bits per heavy atom. The lowest BCUT2D eigenvalue weighted by molar-refractivity contribution is 1.78. The molecule has 0 fully saturated rings. The minimum absolute atomic E-state index is 1.44. The first-order chi connectivity index (χ1) is 3.41. The van der Waals surface area contributed by atoms with Gasteiger partial charge in [0.25, 0.3) is 0 Å². The summed E-state index contributed by atoms with van der Waals surface area (Å²) in [5.41, 5.74) is 0. The molecule has 0 amide bonds. The van der Waals surface area contributed by atoms with Gasteiger partial charge >= 0.3 is 0 Å². The van der Waals surface area contributed by atoms with E-state index in [2.05, 4.69) is 4.40 Å². The number of nitrogens with zero attached hydrogens (tertiary/aromatic N) is 1. The van der Waals surface area contributed by atoms with E-state index in [9.17, 15) is 0 Å². The van der Waals surface area contributed by atoms with Gasteiger partial charge in [0.2, 0.25) is 0 Å². The van der Waals surface area contributed by atoms with Crippen LogP contribution in [0.1, 0.15) is 13.8 Å². The van der Waals surface area contributed by atoms with Crippen LogP contribution < -0.4 is 0 Å². The standard InChI is InChI=1S/C5H9NS/c1-3-5-7-6-4-2/h3-5H,1-2H3/b5-3-,6-4?. The summed E-state index contributed by atoms with van der Waals surface area (Å²) in [6.45, 7) is 3.87. The highest BCUT2D eigenvalue weighted by atomic mass is 32.2. The van der Waals surface area contributed by atoms with Crippen LogP contribution in [0.15, 0.2) is 15.9 Å². The van der Waals surface area contributed by atoms with Crippen molar-refractivity contribution in [3.63, 3.8) is 0 Å². The number of hydrogen-bond donors (Lipinski definition) is 0. The van der Waals surface area contributed by atoms with Gasteiger partial charge in [-0.25, -0.2) is 4.40 Å². The summed E-state index contributed by atoms with van der Waals surface area (Å²) >= 11 is 1.44. The summed E-state index contributed by atoms with van der Waals surface area (Å²) in [6.07, 6.45) is 3.72. The summed E-state index contributed by atoms with van der Waals surface area (Å²) in [5.74, 6) is 0. The Kier molecular flexibility index (Phi) is 5.56. The molecule has 0 aromatic heterocycles. The number of hydrogen-bond acceptors (Lipinski definition) is 2. The van der Waals surface area contributed by atoms with Crippen LogP contribution in [0.25, 0.3) is 0 Å². The Balaban J connectivity index is 2.98. The summed E-state index contributed by atoms with van der Waals surface area (Å²) < 4.78 is 3.87. The molecule has 0 aromatic rings. The van der Waals surface area contributed by atoms with Crippen molar-refractivity contribution in [3.8, 4) is 0 Å². The highest BCUT2D eigenvalue weighted by Gasteiger charge is 1.62. The van der Waals surface area contributed by atoms with E-state index < -0.39 is 0 Å². The Hall–Kier alpha value is -0.240. The predicted octanol–water partition coefficient (Wildman–Crippen LogP) is 2.26. The maximum atomic E-state index is 3.87. The fraction of sp³-hybridized carbons (Fsp3) is 0.400. The molecule has 0 saturated carbocycles. The monoisotopic (exact) mass is 115 g/mol. The zero-order chi connectivity index (χ0) is 5.54. The third kappa shape index (κ3) is 5.76. The van der Waals surface area contributed by atoms with E-state index >= 15 is 0 Å².